The van der Waals surface area contributed by atoms with Gasteiger partial charge in [0.25, 0.3) is 0 Å². The molecule has 0 aliphatic heterocycles. The van der Waals surface area contributed by atoms with E-state index < -0.39 is 10.0 Å². The second-order valence-corrected chi connectivity index (χ2v) is 5.82. The number of rotatable bonds is 5. The van der Waals surface area contributed by atoms with Crippen molar-refractivity contribution in [3.8, 4) is 0 Å². The molecule has 8 heteroatoms. The SMILES string of the molecule is CCCc1nccc([N-]S(=O)(=O)c2ccc(N)cc2)n1.[Na+]. The monoisotopic (exact) mass is 314 g/mol. The van der Waals surface area contributed by atoms with E-state index in [9.17, 15) is 8.42 Å². The fourth-order valence-electron chi connectivity index (χ4n) is 1.60. The Balaban J connectivity index is 0.00000220. The molecule has 0 fully saturated rings. The van der Waals surface area contributed by atoms with Crippen LogP contribution in [0.4, 0.5) is 11.5 Å². The van der Waals surface area contributed by atoms with Crippen molar-refractivity contribution in [2.24, 2.45) is 0 Å². The van der Waals surface area contributed by atoms with Crippen molar-refractivity contribution in [3.05, 3.63) is 47.1 Å². The van der Waals surface area contributed by atoms with Crippen molar-refractivity contribution in [1.82, 2.24) is 9.97 Å². The predicted molar refractivity (Wildman–Crippen MR) is 77.1 cm³/mol. The van der Waals surface area contributed by atoms with Gasteiger partial charge in [-0.1, -0.05) is 13.3 Å². The molecule has 0 unspecified atom stereocenters. The molecule has 0 aliphatic rings. The number of hydrogen-bond donors (Lipinski definition) is 1. The first-order valence-corrected chi connectivity index (χ1v) is 7.61. The van der Waals surface area contributed by atoms with Crippen LogP contribution in [0.25, 0.3) is 4.72 Å². The van der Waals surface area contributed by atoms with E-state index in [0.29, 0.717) is 17.9 Å². The molecule has 2 aromatic rings. The number of nitrogens with two attached hydrogens (primary N) is 1. The topological polar surface area (TPSA) is 100 Å². The molecular formula is C13H15N4NaO2S. The predicted octanol–water partition coefficient (Wildman–Crippen LogP) is -0.591. The van der Waals surface area contributed by atoms with Crippen molar-refractivity contribution in [2.45, 2.75) is 24.7 Å². The van der Waals surface area contributed by atoms with Gasteiger partial charge in [-0.15, -0.1) is 0 Å². The average Bonchev–Trinajstić information content (AvgIpc) is 2.39. The number of aromatic nitrogens is 2. The minimum absolute atomic E-state index is 0. The van der Waals surface area contributed by atoms with Crippen LogP contribution in [-0.4, -0.2) is 18.4 Å². The van der Waals surface area contributed by atoms with E-state index in [1.807, 2.05) is 6.92 Å². The summed E-state index contributed by atoms with van der Waals surface area (Å²) in [7, 11) is -3.78. The summed E-state index contributed by atoms with van der Waals surface area (Å²) in [5.41, 5.74) is 6.03. The summed E-state index contributed by atoms with van der Waals surface area (Å²) in [4.78, 5) is 8.26. The third-order valence-electron chi connectivity index (χ3n) is 2.56. The largest absolute Gasteiger partial charge is 1.00 e. The Kier molecular flexibility index (Phi) is 6.60. The zero-order valence-corrected chi connectivity index (χ0v) is 14.8. The molecule has 0 spiro atoms. The molecule has 0 radical (unpaired) electrons. The van der Waals surface area contributed by atoms with Crippen LogP contribution in [0.15, 0.2) is 41.4 Å². The number of benzene rings is 1. The van der Waals surface area contributed by atoms with Crippen LogP contribution >= 0.6 is 0 Å². The minimum Gasteiger partial charge on any atom is -0.423 e. The molecule has 106 valence electrons. The number of hydrogen-bond acceptors (Lipinski definition) is 5. The van der Waals surface area contributed by atoms with Crippen molar-refractivity contribution in [2.75, 3.05) is 5.73 Å². The van der Waals surface area contributed by atoms with Gasteiger partial charge >= 0.3 is 29.6 Å². The first-order valence-electron chi connectivity index (χ1n) is 6.17. The third kappa shape index (κ3) is 4.96. The Bertz CT molecular complexity index is 690. The molecule has 2 rings (SSSR count). The zero-order chi connectivity index (χ0) is 14.6. The molecule has 1 heterocycles. The van der Waals surface area contributed by atoms with Gasteiger partial charge in [-0.05, 0) is 42.6 Å². The molecule has 0 saturated heterocycles. The van der Waals surface area contributed by atoms with Gasteiger partial charge in [0.05, 0.1) is 4.90 Å². The summed E-state index contributed by atoms with van der Waals surface area (Å²) in [5, 5.41) is 0. The van der Waals surface area contributed by atoms with Crippen LogP contribution < -0.4 is 35.3 Å². The van der Waals surface area contributed by atoms with E-state index in [2.05, 4.69) is 14.7 Å². The van der Waals surface area contributed by atoms with Gasteiger partial charge < -0.3 is 15.4 Å². The summed E-state index contributed by atoms with van der Waals surface area (Å²) in [6.07, 6.45) is 3.08. The molecular weight excluding hydrogens is 299 g/mol. The van der Waals surface area contributed by atoms with Gasteiger partial charge in [0.1, 0.15) is 0 Å². The van der Waals surface area contributed by atoms with E-state index in [4.69, 9.17) is 5.73 Å². The molecule has 0 aliphatic carbocycles. The summed E-state index contributed by atoms with van der Waals surface area (Å²) in [6.45, 7) is 2.00. The maximum absolute atomic E-state index is 12.1. The third-order valence-corrected chi connectivity index (χ3v) is 3.85. The number of nitrogens with zero attached hydrogens (tertiary/aromatic N) is 3. The van der Waals surface area contributed by atoms with Gasteiger partial charge in [-0.2, -0.15) is 0 Å². The standard InChI is InChI=1S/C13H15N4O2S.Na/c1-2-3-12-15-9-8-13(16-12)17-20(18,19)11-6-4-10(14)5-7-11;/h4-9H,2-3,14H2,1H3;/q-1;+1. The Morgan fingerprint density at radius 1 is 1.19 bits per heavy atom. The van der Waals surface area contributed by atoms with Crippen molar-refractivity contribution >= 4 is 21.5 Å². The van der Waals surface area contributed by atoms with Gasteiger partial charge in [-0.25, -0.2) is 8.42 Å². The van der Waals surface area contributed by atoms with Crippen LogP contribution in [0.1, 0.15) is 19.2 Å². The van der Waals surface area contributed by atoms with Gasteiger partial charge in [0, 0.05) is 17.7 Å². The molecule has 6 nitrogen and oxygen atoms in total. The Morgan fingerprint density at radius 3 is 2.48 bits per heavy atom. The molecule has 1 aromatic heterocycles. The number of anilines is 1. The second kappa shape index (κ2) is 7.74. The molecule has 0 atom stereocenters. The summed E-state index contributed by atoms with van der Waals surface area (Å²) >= 11 is 0. The maximum atomic E-state index is 12.1. The van der Waals surface area contributed by atoms with Crippen LogP contribution in [-0.2, 0) is 16.4 Å². The zero-order valence-electron chi connectivity index (χ0n) is 12.0. The maximum Gasteiger partial charge on any atom is 1.00 e. The van der Waals surface area contributed by atoms with Crippen molar-refractivity contribution < 1.29 is 38.0 Å². The molecule has 0 saturated carbocycles. The average molecular weight is 314 g/mol. The van der Waals surface area contributed by atoms with Crippen molar-refractivity contribution in [3.63, 3.8) is 0 Å². The smallest absolute Gasteiger partial charge is 0.423 e. The van der Waals surface area contributed by atoms with Crippen LogP contribution in [0.5, 0.6) is 0 Å². The molecule has 1 aromatic carbocycles. The van der Waals surface area contributed by atoms with Gasteiger partial charge in [-0.3, -0.25) is 4.98 Å². The van der Waals surface area contributed by atoms with Crippen molar-refractivity contribution in [1.29, 1.82) is 0 Å². The molecule has 0 bridgehead atoms. The fourth-order valence-corrected chi connectivity index (χ4v) is 2.53. The van der Waals surface area contributed by atoms with E-state index in [1.165, 1.54) is 36.5 Å². The Labute approximate surface area is 146 Å². The van der Waals surface area contributed by atoms with E-state index in [0.717, 1.165) is 6.42 Å². The number of sulfonamides is 1. The van der Waals surface area contributed by atoms with E-state index in [1.54, 1.807) is 0 Å². The van der Waals surface area contributed by atoms with Crippen LogP contribution in [0.3, 0.4) is 0 Å². The first kappa shape index (κ1) is 17.9. The summed E-state index contributed by atoms with van der Waals surface area (Å²) in [5.74, 6) is 0.724. The fraction of sp³-hybridized carbons (Fsp3) is 0.231. The van der Waals surface area contributed by atoms with Gasteiger partial charge in [0.15, 0.2) is 0 Å². The van der Waals surface area contributed by atoms with Crippen LogP contribution in [0, 0.1) is 0 Å². The first-order chi connectivity index (χ1) is 9.51. The Morgan fingerprint density at radius 2 is 1.86 bits per heavy atom. The van der Waals surface area contributed by atoms with Gasteiger partial charge in [0.2, 0.25) is 10.0 Å². The second-order valence-electron chi connectivity index (χ2n) is 4.22. The number of aryl methyl sites for hydroxylation is 1. The molecule has 0 amide bonds. The normalized spacial score (nSPS) is 10.7. The quantitative estimate of drug-likeness (QED) is 0.587. The molecule has 21 heavy (non-hydrogen) atoms. The molecule has 2 N–H and O–H groups in total. The van der Waals surface area contributed by atoms with E-state index in [-0.39, 0.29) is 40.3 Å². The van der Waals surface area contributed by atoms with Crippen LogP contribution in [0.2, 0.25) is 0 Å². The number of nitrogen functional groups attached to an aromatic ring is 1. The minimum atomic E-state index is -3.78. The summed E-state index contributed by atoms with van der Waals surface area (Å²) < 4.78 is 27.9. The van der Waals surface area contributed by atoms with E-state index >= 15 is 0 Å². The Hall–Kier alpha value is -1.15. The summed E-state index contributed by atoms with van der Waals surface area (Å²) in [6, 6.07) is 7.34.